The Morgan fingerprint density at radius 2 is 2.00 bits per heavy atom. The molecule has 2 N–H and O–H groups in total. The van der Waals surface area contributed by atoms with Gasteiger partial charge in [0.25, 0.3) is 0 Å². The SMILES string of the molecule is CCC(C)Oc1cccc(NCC(=O)Nc2ccc(OC)c(Cl)c2)c1. The first-order chi connectivity index (χ1) is 12.0. The van der Waals surface area contributed by atoms with Crippen LogP contribution in [0.25, 0.3) is 0 Å². The highest BCUT2D eigenvalue weighted by atomic mass is 35.5. The summed E-state index contributed by atoms with van der Waals surface area (Å²) in [5.41, 5.74) is 1.44. The van der Waals surface area contributed by atoms with Crippen LogP contribution in [-0.2, 0) is 4.79 Å². The fraction of sp³-hybridized carbons (Fsp3) is 0.316. The van der Waals surface area contributed by atoms with E-state index in [0.29, 0.717) is 16.5 Å². The molecule has 0 aromatic heterocycles. The van der Waals surface area contributed by atoms with Crippen molar-refractivity contribution in [2.75, 3.05) is 24.3 Å². The molecule has 0 bridgehead atoms. The summed E-state index contributed by atoms with van der Waals surface area (Å²) in [5.74, 6) is 1.17. The molecular weight excluding hydrogens is 340 g/mol. The van der Waals surface area contributed by atoms with E-state index in [4.69, 9.17) is 21.1 Å². The Morgan fingerprint density at radius 1 is 1.20 bits per heavy atom. The van der Waals surface area contributed by atoms with Crippen molar-refractivity contribution in [2.45, 2.75) is 26.4 Å². The van der Waals surface area contributed by atoms with Gasteiger partial charge in [-0.3, -0.25) is 4.79 Å². The molecule has 0 aliphatic heterocycles. The van der Waals surface area contributed by atoms with E-state index in [9.17, 15) is 4.79 Å². The molecule has 2 rings (SSSR count). The first-order valence-electron chi connectivity index (χ1n) is 8.15. The molecule has 0 heterocycles. The van der Waals surface area contributed by atoms with E-state index in [2.05, 4.69) is 17.6 Å². The quantitative estimate of drug-likeness (QED) is 0.721. The van der Waals surface area contributed by atoms with Crippen LogP contribution in [0, 0.1) is 0 Å². The maximum Gasteiger partial charge on any atom is 0.243 e. The number of benzene rings is 2. The summed E-state index contributed by atoms with van der Waals surface area (Å²) >= 11 is 6.05. The average Bonchev–Trinajstić information content (AvgIpc) is 2.60. The third kappa shape index (κ3) is 5.87. The summed E-state index contributed by atoms with van der Waals surface area (Å²) in [7, 11) is 1.54. The van der Waals surface area contributed by atoms with Gasteiger partial charge < -0.3 is 20.1 Å². The number of hydrogen-bond donors (Lipinski definition) is 2. The molecule has 0 spiro atoms. The fourth-order valence-electron chi connectivity index (χ4n) is 2.13. The fourth-order valence-corrected chi connectivity index (χ4v) is 2.38. The number of carbonyl (C=O) groups is 1. The molecule has 0 fully saturated rings. The van der Waals surface area contributed by atoms with Gasteiger partial charge in [-0.2, -0.15) is 0 Å². The second kappa shape index (κ2) is 9.18. The lowest BCUT2D eigenvalue weighted by Gasteiger charge is -2.14. The smallest absolute Gasteiger partial charge is 0.243 e. The Morgan fingerprint density at radius 3 is 2.68 bits per heavy atom. The third-order valence-electron chi connectivity index (χ3n) is 3.63. The maximum absolute atomic E-state index is 12.1. The summed E-state index contributed by atoms with van der Waals surface area (Å²) in [6.07, 6.45) is 1.09. The molecule has 0 aliphatic carbocycles. The summed E-state index contributed by atoms with van der Waals surface area (Å²) in [6.45, 7) is 4.23. The monoisotopic (exact) mass is 362 g/mol. The first-order valence-corrected chi connectivity index (χ1v) is 8.53. The van der Waals surface area contributed by atoms with Crippen molar-refractivity contribution in [3.63, 3.8) is 0 Å². The molecule has 0 saturated carbocycles. The summed E-state index contributed by atoms with van der Waals surface area (Å²) < 4.78 is 10.9. The van der Waals surface area contributed by atoms with Crippen LogP contribution >= 0.6 is 11.6 Å². The van der Waals surface area contributed by atoms with Crippen LogP contribution < -0.4 is 20.1 Å². The van der Waals surface area contributed by atoms with Gasteiger partial charge in [0.05, 0.1) is 24.8 Å². The Bertz CT molecular complexity index is 722. The largest absolute Gasteiger partial charge is 0.495 e. The Labute approximate surface area is 153 Å². The lowest BCUT2D eigenvalue weighted by Crippen LogP contribution is -2.21. The van der Waals surface area contributed by atoms with Gasteiger partial charge in [0.2, 0.25) is 5.91 Å². The molecule has 25 heavy (non-hydrogen) atoms. The van der Waals surface area contributed by atoms with Gasteiger partial charge in [-0.25, -0.2) is 0 Å². The molecule has 0 aliphatic rings. The van der Waals surface area contributed by atoms with Crippen molar-refractivity contribution < 1.29 is 14.3 Å². The topological polar surface area (TPSA) is 59.6 Å². The van der Waals surface area contributed by atoms with E-state index in [0.717, 1.165) is 17.9 Å². The predicted octanol–water partition coefficient (Wildman–Crippen LogP) is 4.58. The highest BCUT2D eigenvalue weighted by Gasteiger charge is 2.07. The van der Waals surface area contributed by atoms with E-state index in [1.807, 2.05) is 31.2 Å². The van der Waals surface area contributed by atoms with Gasteiger partial charge in [0, 0.05) is 17.4 Å². The maximum atomic E-state index is 12.1. The van der Waals surface area contributed by atoms with E-state index in [1.165, 1.54) is 0 Å². The molecule has 5 nitrogen and oxygen atoms in total. The zero-order valence-electron chi connectivity index (χ0n) is 14.6. The van der Waals surface area contributed by atoms with Gasteiger partial charge in [0.1, 0.15) is 11.5 Å². The molecule has 134 valence electrons. The molecule has 0 saturated heterocycles. The molecular formula is C19H23ClN2O3. The molecule has 6 heteroatoms. The van der Waals surface area contributed by atoms with Crippen LogP contribution in [0.1, 0.15) is 20.3 Å². The number of carbonyl (C=O) groups excluding carboxylic acids is 1. The van der Waals surface area contributed by atoms with Crippen molar-refractivity contribution in [1.82, 2.24) is 0 Å². The van der Waals surface area contributed by atoms with Crippen molar-refractivity contribution >= 4 is 28.9 Å². The Kier molecular flexibility index (Phi) is 6.95. The molecule has 2 aromatic rings. The zero-order chi connectivity index (χ0) is 18.2. The number of nitrogens with one attached hydrogen (secondary N) is 2. The second-order valence-electron chi connectivity index (χ2n) is 5.62. The minimum atomic E-state index is -0.172. The van der Waals surface area contributed by atoms with Crippen molar-refractivity contribution in [3.8, 4) is 11.5 Å². The summed E-state index contributed by atoms with van der Waals surface area (Å²) in [5, 5.41) is 6.32. The molecule has 1 amide bonds. The number of anilines is 2. The van der Waals surface area contributed by atoms with Crippen LogP contribution in [0.4, 0.5) is 11.4 Å². The number of amides is 1. The Hall–Kier alpha value is -2.40. The van der Waals surface area contributed by atoms with E-state index >= 15 is 0 Å². The van der Waals surface area contributed by atoms with E-state index in [1.54, 1.807) is 25.3 Å². The first kappa shape index (κ1) is 18.9. The number of methoxy groups -OCH3 is 1. The van der Waals surface area contributed by atoms with Crippen LogP contribution in [0.3, 0.4) is 0 Å². The Balaban J connectivity index is 1.89. The molecule has 1 unspecified atom stereocenters. The lowest BCUT2D eigenvalue weighted by atomic mass is 10.2. The third-order valence-corrected chi connectivity index (χ3v) is 3.93. The number of hydrogen-bond acceptors (Lipinski definition) is 4. The molecule has 1 atom stereocenters. The normalized spacial score (nSPS) is 11.5. The van der Waals surface area contributed by atoms with Crippen LogP contribution in [-0.4, -0.2) is 25.7 Å². The second-order valence-corrected chi connectivity index (χ2v) is 6.02. The minimum Gasteiger partial charge on any atom is -0.495 e. The van der Waals surface area contributed by atoms with Crippen LogP contribution in [0.15, 0.2) is 42.5 Å². The van der Waals surface area contributed by atoms with Gasteiger partial charge in [-0.15, -0.1) is 0 Å². The van der Waals surface area contributed by atoms with Gasteiger partial charge >= 0.3 is 0 Å². The minimum absolute atomic E-state index is 0.135. The summed E-state index contributed by atoms with van der Waals surface area (Å²) in [6, 6.07) is 12.7. The van der Waals surface area contributed by atoms with Crippen molar-refractivity contribution in [3.05, 3.63) is 47.5 Å². The number of rotatable bonds is 8. The van der Waals surface area contributed by atoms with Crippen molar-refractivity contribution in [1.29, 1.82) is 0 Å². The molecule has 0 radical (unpaired) electrons. The van der Waals surface area contributed by atoms with Gasteiger partial charge in [0.15, 0.2) is 0 Å². The van der Waals surface area contributed by atoms with E-state index in [-0.39, 0.29) is 18.6 Å². The lowest BCUT2D eigenvalue weighted by molar-refractivity contribution is -0.114. The van der Waals surface area contributed by atoms with Gasteiger partial charge in [-0.05, 0) is 43.7 Å². The highest BCUT2D eigenvalue weighted by molar-refractivity contribution is 6.32. The standard InChI is InChI=1S/C19H23ClN2O3/c1-4-13(2)25-16-7-5-6-14(10-16)21-12-19(23)22-15-8-9-18(24-3)17(20)11-15/h5-11,13,21H,4,12H2,1-3H3,(H,22,23). The predicted molar refractivity (Wildman–Crippen MR) is 102 cm³/mol. The number of halogens is 1. The summed E-state index contributed by atoms with van der Waals surface area (Å²) in [4.78, 5) is 12.1. The highest BCUT2D eigenvalue weighted by Crippen LogP contribution is 2.27. The average molecular weight is 363 g/mol. The number of ether oxygens (including phenoxy) is 2. The zero-order valence-corrected chi connectivity index (χ0v) is 15.4. The molecule has 2 aromatic carbocycles. The van der Waals surface area contributed by atoms with E-state index < -0.39 is 0 Å². The van der Waals surface area contributed by atoms with Crippen LogP contribution in [0.5, 0.6) is 11.5 Å². The van der Waals surface area contributed by atoms with Gasteiger partial charge in [-0.1, -0.05) is 24.6 Å². The van der Waals surface area contributed by atoms with Crippen molar-refractivity contribution in [2.24, 2.45) is 0 Å². The van der Waals surface area contributed by atoms with Crippen LogP contribution in [0.2, 0.25) is 5.02 Å².